The number of hydrazone groups is 1. The molecule has 0 N–H and O–H groups in total. The van der Waals surface area contributed by atoms with Gasteiger partial charge in [-0.15, -0.1) is 0 Å². The van der Waals surface area contributed by atoms with Crippen molar-refractivity contribution < 1.29 is 17.9 Å². The van der Waals surface area contributed by atoms with E-state index in [1.165, 1.54) is 5.01 Å². The lowest BCUT2D eigenvalue weighted by molar-refractivity contribution is -0.0608. The van der Waals surface area contributed by atoms with E-state index in [0.29, 0.717) is 17.0 Å². The highest BCUT2D eigenvalue weighted by atomic mass is 19.4. The Labute approximate surface area is 179 Å². The second kappa shape index (κ2) is 8.68. The summed E-state index contributed by atoms with van der Waals surface area (Å²) < 4.78 is 47.2. The number of hydrogen-bond acceptors (Lipinski definition) is 3. The summed E-state index contributed by atoms with van der Waals surface area (Å²) in [5.74, 6) is -0.232. The average molecular weight is 422 g/mol. The predicted octanol–water partition coefficient (Wildman–Crippen LogP) is 6.30. The molecule has 0 saturated heterocycles. The third kappa shape index (κ3) is 4.48. The highest BCUT2D eigenvalue weighted by molar-refractivity contribution is 6.00. The number of halogens is 3. The summed E-state index contributed by atoms with van der Waals surface area (Å²) in [5.41, 5.74) is 1.24. The van der Waals surface area contributed by atoms with Crippen LogP contribution in [0.2, 0.25) is 0 Å². The molecule has 6 heteroatoms. The van der Waals surface area contributed by atoms with Gasteiger partial charge in [-0.2, -0.15) is 18.3 Å². The number of rotatable bonds is 5. The van der Waals surface area contributed by atoms with Crippen LogP contribution in [-0.2, 0) is 0 Å². The van der Waals surface area contributed by atoms with Crippen LogP contribution in [0, 0.1) is 0 Å². The molecule has 0 radical (unpaired) electrons. The number of hydrogen-bond donors (Lipinski definition) is 0. The number of ether oxygens (including phenoxy) is 1. The van der Waals surface area contributed by atoms with Gasteiger partial charge in [0.2, 0.25) is 0 Å². The maximum Gasteiger partial charge on any atom is 0.431 e. The summed E-state index contributed by atoms with van der Waals surface area (Å²) in [6.07, 6.45) is -0.935. The molecule has 0 bridgehead atoms. The molecule has 31 heavy (non-hydrogen) atoms. The number of nitrogens with zero attached hydrogens (tertiary/aromatic N) is 2. The molecule has 0 amide bonds. The van der Waals surface area contributed by atoms with Crippen LogP contribution in [0.3, 0.4) is 0 Å². The molecule has 1 aliphatic heterocycles. The smallest absolute Gasteiger partial charge is 0.431 e. The van der Waals surface area contributed by atoms with E-state index in [2.05, 4.69) is 5.10 Å². The number of benzene rings is 3. The molecule has 0 saturated carbocycles. The normalized spacial score (nSPS) is 19.0. The zero-order chi connectivity index (χ0) is 21.8. The fourth-order valence-corrected chi connectivity index (χ4v) is 3.72. The van der Waals surface area contributed by atoms with Gasteiger partial charge >= 0.3 is 6.18 Å². The topological polar surface area (TPSA) is 24.8 Å². The molecule has 0 spiro atoms. The first-order chi connectivity index (χ1) is 15.0. The lowest BCUT2D eigenvalue weighted by Crippen LogP contribution is -2.34. The van der Waals surface area contributed by atoms with Crippen molar-refractivity contribution in [2.75, 3.05) is 12.1 Å². The Morgan fingerprint density at radius 3 is 2.06 bits per heavy atom. The monoisotopic (exact) mass is 422 g/mol. The minimum atomic E-state index is -4.55. The minimum Gasteiger partial charge on any atom is -0.497 e. The van der Waals surface area contributed by atoms with Gasteiger partial charge in [-0.3, -0.25) is 5.01 Å². The summed E-state index contributed by atoms with van der Waals surface area (Å²) in [6.45, 7) is 0. The Morgan fingerprint density at radius 1 is 0.871 bits per heavy atom. The minimum absolute atomic E-state index is 0.571. The number of anilines is 1. The standard InChI is InChI=1S/C25H21F3N2O/c1-31-21-15-12-18(13-16-21)14-17-22-23(19-8-4-2-5-9-19)24(25(26,27)28)29-30(22)20-10-6-3-7-11-20/h2-17,22-23H,1H3/b17-14+. The maximum atomic E-state index is 14.0. The molecule has 2 atom stereocenters. The van der Waals surface area contributed by atoms with Crippen molar-refractivity contribution in [2.45, 2.75) is 18.1 Å². The zero-order valence-corrected chi connectivity index (χ0v) is 16.8. The predicted molar refractivity (Wildman–Crippen MR) is 117 cm³/mol. The Balaban J connectivity index is 1.78. The van der Waals surface area contributed by atoms with Crippen LogP contribution in [0.25, 0.3) is 6.08 Å². The average Bonchev–Trinajstić information content (AvgIpc) is 3.19. The fraction of sp³-hybridized carbons (Fsp3) is 0.160. The number of para-hydroxylation sites is 1. The van der Waals surface area contributed by atoms with Gasteiger partial charge < -0.3 is 4.74 Å². The summed E-state index contributed by atoms with van der Waals surface area (Å²) in [6, 6.07) is 24.4. The van der Waals surface area contributed by atoms with Crippen LogP contribution >= 0.6 is 0 Å². The molecule has 4 rings (SSSR count). The van der Waals surface area contributed by atoms with E-state index in [0.717, 1.165) is 5.56 Å². The summed E-state index contributed by atoms with van der Waals surface area (Å²) >= 11 is 0. The van der Waals surface area contributed by atoms with Crippen molar-refractivity contribution in [2.24, 2.45) is 5.10 Å². The largest absolute Gasteiger partial charge is 0.497 e. The van der Waals surface area contributed by atoms with Crippen LogP contribution < -0.4 is 9.75 Å². The molecule has 1 aliphatic rings. The molecule has 158 valence electrons. The SMILES string of the molecule is COc1ccc(/C=C/C2C(c3ccccc3)C(C(F)(F)F)=NN2c2ccccc2)cc1. The highest BCUT2D eigenvalue weighted by Crippen LogP contribution is 2.41. The molecule has 3 aromatic carbocycles. The van der Waals surface area contributed by atoms with Gasteiger partial charge in [-0.1, -0.05) is 72.8 Å². The van der Waals surface area contributed by atoms with Gasteiger partial charge in [0.1, 0.15) is 5.75 Å². The summed E-state index contributed by atoms with van der Waals surface area (Å²) in [5, 5.41) is 5.52. The van der Waals surface area contributed by atoms with Gasteiger partial charge in [0.15, 0.2) is 5.71 Å². The zero-order valence-electron chi connectivity index (χ0n) is 16.8. The second-order valence-corrected chi connectivity index (χ2v) is 7.17. The quantitative estimate of drug-likeness (QED) is 0.482. The van der Waals surface area contributed by atoms with Gasteiger partial charge in [0.05, 0.1) is 24.8 Å². The van der Waals surface area contributed by atoms with E-state index in [-0.39, 0.29) is 0 Å². The Morgan fingerprint density at radius 2 is 1.48 bits per heavy atom. The molecule has 2 unspecified atom stereocenters. The third-order valence-corrected chi connectivity index (χ3v) is 5.21. The van der Waals surface area contributed by atoms with E-state index >= 15 is 0 Å². The van der Waals surface area contributed by atoms with Crippen LogP contribution in [-0.4, -0.2) is 25.0 Å². The van der Waals surface area contributed by atoms with Crippen LogP contribution in [0.5, 0.6) is 5.75 Å². The summed E-state index contributed by atoms with van der Waals surface area (Å²) in [7, 11) is 1.58. The van der Waals surface area contributed by atoms with Crippen molar-refractivity contribution in [3.8, 4) is 5.75 Å². The van der Waals surface area contributed by atoms with Crippen molar-refractivity contribution >= 4 is 17.5 Å². The molecule has 0 aromatic heterocycles. The summed E-state index contributed by atoms with van der Waals surface area (Å²) in [4.78, 5) is 0. The van der Waals surface area contributed by atoms with Gasteiger partial charge in [0.25, 0.3) is 0 Å². The van der Waals surface area contributed by atoms with Crippen molar-refractivity contribution in [3.05, 3.63) is 102 Å². The van der Waals surface area contributed by atoms with Crippen LogP contribution in [0.1, 0.15) is 17.0 Å². The fourth-order valence-electron chi connectivity index (χ4n) is 3.72. The Kier molecular flexibility index (Phi) is 5.80. The van der Waals surface area contributed by atoms with Gasteiger partial charge in [-0.25, -0.2) is 0 Å². The number of alkyl halides is 3. The lowest BCUT2D eigenvalue weighted by Gasteiger charge is -2.26. The third-order valence-electron chi connectivity index (χ3n) is 5.21. The van der Waals surface area contributed by atoms with Crippen LogP contribution in [0.4, 0.5) is 18.9 Å². The first-order valence-corrected chi connectivity index (χ1v) is 9.84. The highest BCUT2D eigenvalue weighted by Gasteiger charge is 2.50. The van der Waals surface area contributed by atoms with Crippen molar-refractivity contribution in [1.29, 1.82) is 0 Å². The first kappa shape index (κ1) is 20.7. The Hall–Kier alpha value is -3.54. The second-order valence-electron chi connectivity index (χ2n) is 7.17. The van der Waals surface area contributed by atoms with Crippen molar-refractivity contribution in [1.82, 2.24) is 0 Å². The number of methoxy groups -OCH3 is 1. The van der Waals surface area contributed by atoms with E-state index in [1.54, 1.807) is 67.8 Å². The van der Waals surface area contributed by atoms with Gasteiger partial charge in [0, 0.05) is 0 Å². The van der Waals surface area contributed by atoms with Crippen molar-refractivity contribution in [3.63, 3.8) is 0 Å². The molecule has 1 heterocycles. The van der Waals surface area contributed by atoms with Gasteiger partial charge in [-0.05, 0) is 35.4 Å². The molecule has 3 aromatic rings. The molecular weight excluding hydrogens is 401 g/mol. The molecular formula is C25H21F3N2O. The van der Waals surface area contributed by atoms with Crippen LogP contribution in [0.15, 0.2) is 96.1 Å². The molecule has 3 nitrogen and oxygen atoms in total. The molecule has 0 aliphatic carbocycles. The molecule has 0 fully saturated rings. The van der Waals surface area contributed by atoms with E-state index in [9.17, 15) is 13.2 Å². The van der Waals surface area contributed by atoms with E-state index in [1.807, 2.05) is 36.4 Å². The van der Waals surface area contributed by atoms with E-state index < -0.39 is 23.8 Å². The van der Waals surface area contributed by atoms with E-state index in [4.69, 9.17) is 4.74 Å². The first-order valence-electron chi connectivity index (χ1n) is 9.84. The maximum absolute atomic E-state index is 14.0. The Bertz CT molecular complexity index is 1060. The lowest BCUT2D eigenvalue weighted by atomic mass is 9.87.